The molecule has 202 valence electrons. The highest BCUT2D eigenvalue weighted by atomic mass is 19.4. The van der Waals surface area contributed by atoms with E-state index in [2.05, 4.69) is 10.2 Å². The van der Waals surface area contributed by atoms with E-state index in [-0.39, 0.29) is 11.7 Å². The lowest BCUT2D eigenvalue weighted by molar-refractivity contribution is -0.141. The molecule has 1 saturated heterocycles. The number of hydrogen-bond acceptors (Lipinski definition) is 8. The Kier molecular flexibility index (Phi) is 8.08. The fourth-order valence-corrected chi connectivity index (χ4v) is 4.12. The number of para-hydroxylation sites is 1. The molecule has 0 atom stereocenters. The lowest BCUT2D eigenvalue weighted by Crippen LogP contribution is -2.50. The number of piperazine rings is 1. The molecule has 0 unspecified atom stereocenters. The molecule has 0 aliphatic carbocycles. The number of rotatable bonds is 8. The molecule has 1 aliphatic heterocycles. The van der Waals surface area contributed by atoms with Gasteiger partial charge in [-0.3, -0.25) is 4.79 Å². The molecule has 0 saturated carbocycles. The van der Waals surface area contributed by atoms with Gasteiger partial charge in [-0.25, -0.2) is 0 Å². The molecule has 1 amide bonds. The molecule has 0 bridgehead atoms. The molecule has 0 N–H and O–H groups in total. The summed E-state index contributed by atoms with van der Waals surface area (Å²) in [6, 6.07) is 12.1. The van der Waals surface area contributed by atoms with Crippen molar-refractivity contribution in [2.45, 2.75) is 6.18 Å². The number of carbonyl (C=O) groups is 1. The largest absolute Gasteiger partial charge is 0.493 e. The van der Waals surface area contributed by atoms with E-state index in [1.807, 2.05) is 17.0 Å². The third kappa shape index (κ3) is 5.84. The number of hydrogen-bond donors (Lipinski definition) is 0. The van der Waals surface area contributed by atoms with Gasteiger partial charge in [-0.15, -0.1) is 10.2 Å². The topological polar surface area (TPSA) is 86.3 Å². The minimum absolute atomic E-state index is 0.366. The number of ether oxygens (including phenoxy) is 4. The first-order valence-corrected chi connectivity index (χ1v) is 11.7. The Bertz CT molecular complexity index is 1240. The Hall–Kier alpha value is -4.22. The first kappa shape index (κ1) is 26.8. The highest BCUT2D eigenvalue weighted by Crippen LogP contribution is 2.41. The second kappa shape index (κ2) is 11.4. The highest BCUT2D eigenvalue weighted by molar-refractivity contribution is 5.78. The fourth-order valence-electron chi connectivity index (χ4n) is 4.12. The van der Waals surface area contributed by atoms with Gasteiger partial charge in [0, 0.05) is 31.7 Å². The Labute approximate surface area is 217 Å². The van der Waals surface area contributed by atoms with Crippen LogP contribution in [0.2, 0.25) is 0 Å². The maximum Gasteiger partial charge on any atom is 0.419 e. The maximum absolute atomic E-state index is 13.1. The quantitative estimate of drug-likeness (QED) is 0.432. The third-order valence-corrected chi connectivity index (χ3v) is 6.11. The van der Waals surface area contributed by atoms with Crippen LogP contribution in [-0.4, -0.2) is 75.1 Å². The minimum atomic E-state index is -4.56. The average Bonchev–Trinajstić information content (AvgIpc) is 2.94. The van der Waals surface area contributed by atoms with Crippen molar-refractivity contribution in [3.05, 3.63) is 54.1 Å². The van der Waals surface area contributed by atoms with Crippen molar-refractivity contribution in [2.24, 2.45) is 0 Å². The Morgan fingerprint density at radius 2 is 1.53 bits per heavy atom. The number of halogens is 3. The van der Waals surface area contributed by atoms with E-state index in [4.69, 9.17) is 18.9 Å². The number of carbonyl (C=O) groups excluding carboxylic acids is 1. The molecule has 12 heteroatoms. The minimum Gasteiger partial charge on any atom is -0.493 e. The number of amides is 1. The van der Waals surface area contributed by atoms with E-state index < -0.39 is 18.3 Å². The van der Waals surface area contributed by atoms with Crippen LogP contribution >= 0.6 is 0 Å². The van der Waals surface area contributed by atoms with E-state index >= 15 is 0 Å². The zero-order valence-corrected chi connectivity index (χ0v) is 21.1. The lowest BCUT2D eigenvalue weighted by atomic mass is 10.1. The summed E-state index contributed by atoms with van der Waals surface area (Å²) in [7, 11) is 4.60. The van der Waals surface area contributed by atoms with Gasteiger partial charge in [-0.05, 0) is 36.4 Å². The zero-order valence-electron chi connectivity index (χ0n) is 21.1. The predicted octanol–water partition coefficient (Wildman–Crippen LogP) is 3.92. The summed E-state index contributed by atoms with van der Waals surface area (Å²) in [5, 5.41) is 8.68. The van der Waals surface area contributed by atoms with Gasteiger partial charge in [0.05, 0.1) is 32.6 Å². The van der Waals surface area contributed by atoms with Crippen molar-refractivity contribution < 1.29 is 36.9 Å². The Morgan fingerprint density at radius 1 is 0.868 bits per heavy atom. The normalized spacial score (nSPS) is 13.7. The molecule has 0 radical (unpaired) electrons. The third-order valence-electron chi connectivity index (χ3n) is 6.11. The molecule has 1 fully saturated rings. The van der Waals surface area contributed by atoms with Crippen molar-refractivity contribution >= 4 is 11.7 Å². The van der Waals surface area contributed by atoms with Gasteiger partial charge >= 0.3 is 6.18 Å². The Balaban J connectivity index is 1.36. The molecular formula is C26H27F3N4O5. The number of anilines is 1. The lowest BCUT2D eigenvalue weighted by Gasteiger charge is -2.35. The summed E-state index contributed by atoms with van der Waals surface area (Å²) in [5.41, 5.74) is 0.435. The summed E-state index contributed by atoms with van der Waals surface area (Å²) >= 11 is 0. The SMILES string of the molecule is COc1cc(-c2ccc(N3CCN(C(=O)COc4ccccc4C(F)(F)F)CC3)nn2)cc(OC)c1OC. The summed E-state index contributed by atoms with van der Waals surface area (Å²) in [6.45, 7) is 1.25. The van der Waals surface area contributed by atoms with Crippen molar-refractivity contribution in [2.75, 3.05) is 59.0 Å². The van der Waals surface area contributed by atoms with Gasteiger partial charge in [-0.1, -0.05) is 12.1 Å². The van der Waals surface area contributed by atoms with E-state index in [1.165, 1.54) is 39.5 Å². The maximum atomic E-state index is 13.1. The number of methoxy groups -OCH3 is 3. The first-order chi connectivity index (χ1) is 18.2. The smallest absolute Gasteiger partial charge is 0.419 e. The van der Waals surface area contributed by atoms with Gasteiger partial charge < -0.3 is 28.7 Å². The summed E-state index contributed by atoms with van der Waals surface area (Å²) in [4.78, 5) is 16.1. The molecule has 3 aromatic rings. The van der Waals surface area contributed by atoms with Gasteiger partial charge in [0.1, 0.15) is 5.75 Å². The van der Waals surface area contributed by atoms with Gasteiger partial charge in [-0.2, -0.15) is 13.2 Å². The van der Waals surface area contributed by atoms with Crippen molar-refractivity contribution in [3.8, 4) is 34.3 Å². The van der Waals surface area contributed by atoms with E-state index in [0.717, 1.165) is 11.6 Å². The van der Waals surface area contributed by atoms with Crippen LogP contribution in [0.1, 0.15) is 5.56 Å². The van der Waals surface area contributed by atoms with Crippen LogP contribution < -0.4 is 23.8 Å². The van der Waals surface area contributed by atoms with Crippen LogP contribution in [0, 0.1) is 0 Å². The van der Waals surface area contributed by atoms with E-state index in [9.17, 15) is 18.0 Å². The average molecular weight is 533 g/mol. The molecule has 2 aromatic carbocycles. The van der Waals surface area contributed by atoms with Gasteiger partial charge in [0.15, 0.2) is 23.9 Å². The summed E-state index contributed by atoms with van der Waals surface area (Å²) in [5.74, 6) is 1.37. The number of aromatic nitrogens is 2. The van der Waals surface area contributed by atoms with Crippen molar-refractivity contribution in [3.63, 3.8) is 0 Å². The molecule has 9 nitrogen and oxygen atoms in total. The Morgan fingerprint density at radius 3 is 2.08 bits per heavy atom. The molecule has 1 aromatic heterocycles. The second-order valence-corrected chi connectivity index (χ2v) is 8.34. The number of alkyl halides is 3. The first-order valence-electron chi connectivity index (χ1n) is 11.7. The monoisotopic (exact) mass is 532 g/mol. The van der Waals surface area contributed by atoms with Crippen LogP contribution in [0.25, 0.3) is 11.3 Å². The van der Waals surface area contributed by atoms with Crippen LogP contribution in [0.15, 0.2) is 48.5 Å². The molecule has 0 spiro atoms. The molecular weight excluding hydrogens is 505 g/mol. The van der Waals surface area contributed by atoms with Crippen molar-refractivity contribution in [1.82, 2.24) is 15.1 Å². The molecule has 1 aliphatic rings. The molecule has 38 heavy (non-hydrogen) atoms. The van der Waals surface area contributed by atoms with E-state index in [0.29, 0.717) is 54.9 Å². The standard InChI is InChI=1S/C26H27F3N4O5/c1-35-21-14-17(15-22(36-2)25(21)37-3)19-8-9-23(31-30-19)32-10-12-33(13-11-32)24(34)16-38-20-7-5-4-6-18(20)26(27,28)29/h4-9,14-15H,10-13,16H2,1-3H3. The van der Waals surface area contributed by atoms with E-state index in [1.54, 1.807) is 17.0 Å². The van der Waals surface area contributed by atoms with Crippen molar-refractivity contribution in [1.29, 1.82) is 0 Å². The summed E-state index contributed by atoms with van der Waals surface area (Å²) in [6.07, 6.45) is -4.56. The zero-order chi connectivity index (χ0) is 27.3. The second-order valence-electron chi connectivity index (χ2n) is 8.34. The highest BCUT2D eigenvalue weighted by Gasteiger charge is 2.34. The molecule has 4 rings (SSSR count). The number of benzene rings is 2. The summed E-state index contributed by atoms with van der Waals surface area (Å²) < 4.78 is 60.8. The number of nitrogens with zero attached hydrogens (tertiary/aromatic N) is 4. The molecule has 2 heterocycles. The predicted molar refractivity (Wildman–Crippen MR) is 133 cm³/mol. The van der Waals surface area contributed by atoms with Crippen LogP contribution in [0.5, 0.6) is 23.0 Å². The fraction of sp³-hybridized carbons (Fsp3) is 0.346. The van der Waals surface area contributed by atoms with Gasteiger partial charge in [0.2, 0.25) is 5.75 Å². The van der Waals surface area contributed by atoms with Gasteiger partial charge in [0.25, 0.3) is 5.91 Å². The van der Waals surface area contributed by atoms with Crippen LogP contribution in [0.4, 0.5) is 19.0 Å². The van der Waals surface area contributed by atoms with Crippen LogP contribution in [-0.2, 0) is 11.0 Å². The van der Waals surface area contributed by atoms with Crippen LogP contribution in [0.3, 0.4) is 0 Å².